The number of rotatable bonds is 7. The van der Waals surface area contributed by atoms with Gasteiger partial charge in [0.15, 0.2) is 5.82 Å². The third-order valence-electron chi connectivity index (χ3n) is 5.13. The number of thiazole rings is 1. The Kier molecular flexibility index (Phi) is 5.03. The molecule has 0 amide bonds. The maximum Gasteiger partial charge on any atom is 0.158 e. The highest BCUT2D eigenvalue weighted by Gasteiger charge is 2.35. The zero-order valence-electron chi connectivity index (χ0n) is 16.4. The molecule has 5 nitrogen and oxygen atoms in total. The van der Waals surface area contributed by atoms with Crippen molar-refractivity contribution < 1.29 is 4.74 Å². The van der Waals surface area contributed by atoms with E-state index in [0.29, 0.717) is 18.3 Å². The molecule has 5 rings (SSSR count). The van der Waals surface area contributed by atoms with E-state index in [2.05, 4.69) is 46.9 Å². The molecule has 1 N–H and O–H groups in total. The fourth-order valence-corrected chi connectivity index (χ4v) is 5.47. The Hall–Kier alpha value is -2.35. The van der Waals surface area contributed by atoms with Gasteiger partial charge in [0.25, 0.3) is 0 Å². The van der Waals surface area contributed by atoms with E-state index < -0.39 is 0 Å². The fourth-order valence-electron chi connectivity index (χ4n) is 3.59. The van der Waals surface area contributed by atoms with Crippen molar-refractivity contribution in [3.63, 3.8) is 0 Å². The van der Waals surface area contributed by atoms with Crippen LogP contribution in [0, 0.1) is 12.8 Å². The SMILES string of the molecule is COCc1nc(NC(c2ncc(C)s2)C2CC2)c2c(-c3ccccc3)csc2n1. The number of hydrogen-bond donors (Lipinski definition) is 1. The molecule has 1 aliphatic carbocycles. The summed E-state index contributed by atoms with van der Waals surface area (Å²) < 4.78 is 5.32. The van der Waals surface area contributed by atoms with Crippen LogP contribution in [0.25, 0.3) is 21.3 Å². The molecule has 29 heavy (non-hydrogen) atoms. The Labute approximate surface area is 177 Å². The number of nitrogens with one attached hydrogen (secondary N) is 1. The van der Waals surface area contributed by atoms with Crippen molar-refractivity contribution in [2.75, 3.05) is 12.4 Å². The standard InChI is InChI=1S/C22H22N4OS2/c1-13-10-23-22(29-13)19(15-8-9-15)26-20-18-16(14-6-4-3-5-7-14)12-28-21(18)25-17(24-20)11-27-2/h3-7,10,12,15,19H,8-9,11H2,1-2H3,(H,24,25,26). The number of benzene rings is 1. The molecule has 1 fully saturated rings. The van der Waals surface area contributed by atoms with Crippen molar-refractivity contribution >= 4 is 38.7 Å². The predicted octanol–water partition coefficient (Wildman–Crippen LogP) is 5.83. The van der Waals surface area contributed by atoms with Crippen LogP contribution in [-0.4, -0.2) is 22.1 Å². The second-order valence-corrected chi connectivity index (χ2v) is 9.51. The van der Waals surface area contributed by atoms with E-state index in [1.165, 1.54) is 28.8 Å². The van der Waals surface area contributed by atoms with Crippen molar-refractivity contribution in [2.45, 2.75) is 32.4 Å². The maximum absolute atomic E-state index is 5.32. The van der Waals surface area contributed by atoms with Crippen LogP contribution in [0.4, 0.5) is 5.82 Å². The minimum absolute atomic E-state index is 0.186. The third-order valence-corrected chi connectivity index (χ3v) is 7.00. The number of anilines is 1. The lowest BCUT2D eigenvalue weighted by Gasteiger charge is -2.18. The molecule has 3 aromatic heterocycles. The first-order chi connectivity index (χ1) is 14.2. The number of aryl methyl sites for hydroxylation is 1. The predicted molar refractivity (Wildman–Crippen MR) is 120 cm³/mol. The number of thiophene rings is 1. The summed E-state index contributed by atoms with van der Waals surface area (Å²) in [7, 11) is 1.68. The monoisotopic (exact) mass is 422 g/mol. The van der Waals surface area contributed by atoms with Crippen LogP contribution in [0.1, 0.15) is 34.6 Å². The molecule has 148 valence electrons. The van der Waals surface area contributed by atoms with Gasteiger partial charge in [-0.25, -0.2) is 15.0 Å². The highest BCUT2D eigenvalue weighted by atomic mass is 32.1. The van der Waals surface area contributed by atoms with Gasteiger partial charge in [-0.2, -0.15) is 0 Å². The average Bonchev–Trinajstić information content (AvgIpc) is 3.34. The summed E-state index contributed by atoms with van der Waals surface area (Å²) in [5.41, 5.74) is 2.35. The van der Waals surface area contributed by atoms with E-state index in [4.69, 9.17) is 14.7 Å². The van der Waals surface area contributed by atoms with E-state index in [-0.39, 0.29) is 6.04 Å². The molecule has 1 aromatic carbocycles. The molecule has 0 bridgehead atoms. The lowest BCUT2D eigenvalue weighted by atomic mass is 10.1. The number of ether oxygens (including phenoxy) is 1. The summed E-state index contributed by atoms with van der Waals surface area (Å²) in [6.45, 7) is 2.50. The Morgan fingerprint density at radius 3 is 2.72 bits per heavy atom. The Morgan fingerprint density at radius 1 is 1.21 bits per heavy atom. The van der Waals surface area contributed by atoms with Crippen LogP contribution in [0.2, 0.25) is 0 Å². The first kappa shape index (κ1) is 18.7. The summed E-state index contributed by atoms with van der Waals surface area (Å²) in [4.78, 5) is 16.5. The average molecular weight is 423 g/mol. The molecule has 1 atom stereocenters. The van der Waals surface area contributed by atoms with Gasteiger partial charge in [-0.3, -0.25) is 0 Å². The summed E-state index contributed by atoms with van der Waals surface area (Å²) >= 11 is 3.42. The lowest BCUT2D eigenvalue weighted by molar-refractivity contribution is 0.178. The number of fused-ring (bicyclic) bond motifs is 1. The minimum Gasteiger partial charge on any atom is -0.377 e. The normalized spacial score (nSPS) is 15.0. The highest BCUT2D eigenvalue weighted by Crippen LogP contribution is 2.45. The van der Waals surface area contributed by atoms with E-state index in [1.807, 2.05) is 12.3 Å². The zero-order chi connectivity index (χ0) is 19.8. The van der Waals surface area contributed by atoms with Gasteiger partial charge in [0, 0.05) is 29.1 Å². The third kappa shape index (κ3) is 3.77. The molecule has 3 heterocycles. The van der Waals surface area contributed by atoms with Crippen molar-refractivity contribution in [1.82, 2.24) is 15.0 Å². The van der Waals surface area contributed by atoms with Gasteiger partial charge in [-0.05, 0) is 31.2 Å². The highest BCUT2D eigenvalue weighted by molar-refractivity contribution is 7.17. The smallest absolute Gasteiger partial charge is 0.158 e. The Bertz CT molecular complexity index is 1130. The van der Waals surface area contributed by atoms with Crippen molar-refractivity contribution in [2.24, 2.45) is 5.92 Å². The minimum atomic E-state index is 0.186. The van der Waals surface area contributed by atoms with Crippen LogP contribution in [0.5, 0.6) is 0 Å². The fraction of sp³-hybridized carbons (Fsp3) is 0.318. The molecule has 0 spiro atoms. The second-order valence-electron chi connectivity index (χ2n) is 7.39. The van der Waals surface area contributed by atoms with Gasteiger partial charge >= 0.3 is 0 Å². The lowest BCUT2D eigenvalue weighted by Crippen LogP contribution is -2.15. The van der Waals surface area contributed by atoms with Gasteiger partial charge in [0.05, 0.1) is 11.4 Å². The summed E-state index contributed by atoms with van der Waals surface area (Å²) in [5, 5.41) is 8.16. The topological polar surface area (TPSA) is 59.9 Å². The Morgan fingerprint density at radius 2 is 2.03 bits per heavy atom. The quantitative estimate of drug-likeness (QED) is 0.406. The van der Waals surface area contributed by atoms with Gasteiger partial charge in [-0.1, -0.05) is 30.3 Å². The van der Waals surface area contributed by atoms with Gasteiger partial charge < -0.3 is 10.1 Å². The first-order valence-corrected chi connectivity index (χ1v) is 11.4. The van der Waals surface area contributed by atoms with Gasteiger partial charge in [0.1, 0.15) is 22.3 Å². The van der Waals surface area contributed by atoms with E-state index in [1.54, 1.807) is 29.8 Å². The maximum atomic E-state index is 5.32. The van der Waals surface area contributed by atoms with Crippen LogP contribution < -0.4 is 5.32 Å². The van der Waals surface area contributed by atoms with Crippen molar-refractivity contribution in [1.29, 1.82) is 0 Å². The van der Waals surface area contributed by atoms with Gasteiger partial charge in [-0.15, -0.1) is 22.7 Å². The van der Waals surface area contributed by atoms with Crippen LogP contribution >= 0.6 is 22.7 Å². The van der Waals surface area contributed by atoms with E-state index in [9.17, 15) is 0 Å². The second kappa shape index (κ2) is 7.82. The summed E-state index contributed by atoms with van der Waals surface area (Å²) in [6, 6.07) is 10.6. The van der Waals surface area contributed by atoms with Crippen LogP contribution in [0.3, 0.4) is 0 Å². The number of hydrogen-bond acceptors (Lipinski definition) is 7. The largest absolute Gasteiger partial charge is 0.377 e. The number of nitrogens with zero attached hydrogens (tertiary/aromatic N) is 3. The Balaban J connectivity index is 1.63. The molecule has 7 heteroatoms. The van der Waals surface area contributed by atoms with Gasteiger partial charge in [0.2, 0.25) is 0 Å². The van der Waals surface area contributed by atoms with E-state index >= 15 is 0 Å². The van der Waals surface area contributed by atoms with E-state index in [0.717, 1.165) is 21.0 Å². The molecule has 1 unspecified atom stereocenters. The van der Waals surface area contributed by atoms with Crippen LogP contribution in [-0.2, 0) is 11.3 Å². The molecular formula is C22H22N4OS2. The molecule has 0 radical (unpaired) electrons. The number of aromatic nitrogens is 3. The molecule has 1 saturated carbocycles. The zero-order valence-corrected chi connectivity index (χ0v) is 18.0. The first-order valence-electron chi connectivity index (χ1n) is 9.74. The molecule has 0 saturated heterocycles. The molecule has 0 aliphatic heterocycles. The number of methoxy groups -OCH3 is 1. The van der Waals surface area contributed by atoms with Crippen LogP contribution in [0.15, 0.2) is 41.9 Å². The van der Waals surface area contributed by atoms with Crippen molar-refractivity contribution in [3.05, 3.63) is 57.6 Å². The summed E-state index contributed by atoms with van der Waals surface area (Å²) in [6.07, 6.45) is 4.41. The molecule has 4 aromatic rings. The molecule has 1 aliphatic rings. The van der Waals surface area contributed by atoms with Crippen molar-refractivity contribution in [3.8, 4) is 11.1 Å². The summed E-state index contributed by atoms with van der Waals surface area (Å²) in [5.74, 6) is 2.19. The molecular weight excluding hydrogens is 400 g/mol.